The summed E-state index contributed by atoms with van der Waals surface area (Å²) in [4.78, 5) is 35.0. The number of carbonyl (C=O) groups excluding carboxylic acids is 2. The van der Waals surface area contributed by atoms with Crippen LogP contribution in [0.5, 0.6) is 11.5 Å². The molecule has 0 aliphatic rings. The smallest absolute Gasteiger partial charge is 0.269 e. The second-order valence-electron chi connectivity index (χ2n) is 7.26. The minimum absolute atomic E-state index is 0.0681. The third-order valence-corrected chi connectivity index (χ3v) is 4.97. The molecule has 34 heavy (non-hydrogen) atoms. The van der Waals surface area contributed by atoms with E-state index < -0.39 is 23.0 Å². The minimum Gasteiger partial charge on any atom is -0.481 e. The Kier molecular flexibility index (Phi) is 8.05. The van der Waals surface area contributed by atoms with Crippen LogP contribution in [0.4, 0.5) is 17.1 Å². The molecule has 3 aromatic rings. The summed E-state index contributed by atoms with van der Waals surface area (Å²) in [6.07, 6.45) is -1.62. The first-order valence-electron chi connectivity index (χ1n) is 10.3. The summed E-state index contributed by atoms with van der Waals surface area (Å²) in [6.45, 7) is 3.17. The molecule has 0 aromatic heterocycles. The van der Waals surface area contributed by atoms with Crippen molar-refractivity contribution in [3.63, 3.8) is 0 Å². The van der Waals surface area contributed by atoms with Crippen LogP contribution in [0.15, 0.2) is 72.8 Å². The number of anilines is 2. The number of ether oxygens (including phenoxy) is 2. The monoisotopic (exact) mass is 483 g/mol. The predicted octanol–water partition coefficient (Wildman–Crippen LogP) is 5.06. The molecule has 0 spiro atoms. The zero-order chi connectivity index (χ0) is 24.7. The molecule has 2 N–H and O–H groups in total. The van der Waals surface area contributed by atoms with Gasteiger partial charge >= 0.3 is 0 Å². The van der Waals surface area contributed by atoms with Crippen molar-refractivity contribution in [3.05, 3.63) is 87.9 Å². The van der Waals surface area contributed by atoms with Crippen LogP contribution < -0.4 is 20.1 Å². The van der Waals surface area contributed by atoms with Gasteiger partial charge in [0.2, 0.25) is 0 Å². The Morgan fingerprint density at radius 1 is 0.824 bits per heavy atom. The minimum atomic E-state index is -0.844. The number of benzene rings is 3. The molecule has 9 nitrogen and oxygen atoms in total. The van der Waals surface area contributed by atoms with Gasteiger partial charge in [-0.15, -0.1) is 0 Å². The molecule has 3 aromatic carbocycles. The number of amides is 2. The van der Waals surface area contributed by atoms with Gasteiger partial charge in [0.25, 0.3) is 17.5 Å². The highest BCUT2D eigenvalue weighted by Gasteiger charge is 2.18. The van der Waals surface area contributed by atoms with E-state index in [2.05, 4.69) is 10.6 Å². The number of nitro groups is 1. The van der Waals surface area contributed by atoms with Gasteiger partial charge in [-0.2, -0.15) is 0 Å². The average Bonchev–Trinajstić information content (AvgIpc) is 2.82. The van der Waals surface area contributed by atoms with Crippen molar-refractivity contribution in [2.45, 2.75) is 26.1 Å². The van der Waals surface area contributed by atoms with Gasteiger partial charge in [0.15, 0.2) is 12.2 Å². The maximum atomic E-state index is 12.4. The molecule has 0 saturated carbocycles. The fourth-order valence-electron chi connectivity index (χ4n) is 2.81. The summed E-state index contributed by atoms with van der Waals surface area (Å²) in [5, 5.41) is 16.6. The number of hydrogen-bond acceptors (Lipinski definition) is 6. The van der Waals surface area contributed by atoms with Gasteiger partial charge in [-0.1, -0.05) is 23.7 Å². The SMILES string of the molecule is CC(Oc1ccc([N+](=O)[O-])cc1)C(=O)Nc1ccc(NC(=O)C(C)Oc2ccccc2Cl)cc1. The molecule has 2 unspecified atom stereocenters. The fourth-order valence-corrected chi connectivity index (χ4v) is 2.99. The second-order valence-corrected chi connectivity index (χ2v) is 7.66. The second kappa shape index (κ2) is 11.2. The van der Waals surface area contributed by atoms with Gasteiger partial charge in [-0.3, -0.25) is 19.7 Å². The summed E-state index contributed by atoms with van der Waals surface area (Å²) in [5.74, 6) is -0.0203. The Hall–Kier alpha value is -4.11. The summed E-state index contributed by atoms with van der Waals surface area (Å²) in [7, 11) is 0. The Bertz CT molecular complexity index is 1170. The lowest BCUT2D eigenvalue weighted by Crippen LogP contribution is -2.30. The zero-order valence-electron chi connectivity index (χ0n) is 18.4. The van der Waals surface area contributed by atoms with Gasteiger partial charge < -0.3 is 20.1 Å². The molecule has 10 heteroatoms. The van der Waals surface area contributed by atoms with E-state index in [0.717, 1.165) is 0 Å². The summed E-state index contributed by atoms with van der Waals surface area (Å²) >= 11 is 6.05. The number of rotatable bonds is 9. The molecule has 0 radical (unpaired) electrons. The van der Waals surface area contributed by atoms with E-state index in [4.69, 9.17) is 21.1 Å². The number of non-ortho nitro benzene ring substituents is 1. The third kappa shape index (κ3) is 6.69. The number of nitrogens with one attached hydrogen (secondary N) is 2. The first kappa shape index (κ1) is 24.5. The van der Waals surface area contributed by atoms with Crippen molar-refractivity contribution < 1.29 is 24.0 Å². The van der Waals surface area contributed by atoms with Crippen molar-refractivity contribution in [1.82, 2.24) is 0 Å². The predicted molar refractivity (Wildman–Crippen MR) is 128 cm³/mol. The van der Waals surface area contributed by atoms with Crippen LogP contribution in [-0.4, -0.2) is 28.9 Å². The van der Waals surface area contributed by atoms with Gasteiger partial charge in [0.1, 0.15) is 11.5 Å². The number of para-hydroxylation sites is 1. The molecule has 0 saturated heterocycles. The van der Waals surface area contributed by atoms with E-state index in [1.165, 1.54) is 24.3 Å². The van der Waals surface area contributed by atoms with Crippen LogP contribution in [0.3, 0.4) is 0 Å². The highest BCUT2D eigenvalue weighted by molar-refractivity contribution is 6.32. The highest BCUT2D eigenvalue weighted by atomic mass is 35.5. The van der Waals surface area contributed by atoms with E-state index >= 15 is 0 Å². The average molecular weight is 484 g/mol. The van der Waals surface area contributed by atoms with E-state index in [9.17, 15) is 19.7 Å². The van der Waals surface area contributed by atoms with Crippen LogP contribution in [-0.2, 0) is 9.59 Å². The fraction of sp³-hybridized carbons (Fsp3) is 0.167. The van der Waals surface area contributed by atoms with Crippen molar-refractivity contribution >= 4 is 40.5 Å². The quantitative estimate of drug-likeness (QED) is 0.324. The summed E-state index contributed by atoms with van der Waals surface area (Å²) in [6, 6.07) is 18.9. The van der Waals surface area contributed by atoms with Gasteiger partial charge in [-0.05, 0) is 62.4 Å². The number of halogens is 1. The molecule has 3 rings (SSSR count). The highest BCUT2D eigenvalue weighted by Crippen LogP contribution is 2.25. The Labute approximate surface area is 200 Å². The van der Waals surface area contributed by atoms with Crippen molar-refractivity contribution in [2.75, 3.05) is 10.6 Å². The standard InChI is InChI=1S/C24H22ClN3O6/c1-15(33-20-13-11-19(12-14-20)28(31)32)23(29)26-17-7-9-18(10-8-17)27-24(30)16(2)34-22-6-4-3-5-21(22)25/h3-16H,1-2H3,(H,26,29)(H,27,30). The Morgan fingerprint density at radius 3 is 1.82 bits per heavy atom. The Balaban J connectivity index is 1.51. The summed E-state index contributed by atoms with van der Waals surface area (Å²) in [5.41, 5.74) is 0.955. The number of hydrogen-bond donors (Lipinski definition) is 2. The molecule has 0 fully saturated rings. The molecule has 0 bridgehead atoms. The van der Waals surface area contributed by atoms with Gasteiger partial charge in [-0.25, -0.2) is 0 Å². The van der Waals surface area contributed by atoms with Crippen LogP contribution in [0.2, 0.25) is 5.02 Å². The molecule has 0 aliphatic carbocycles. The Morgan fingerprint density at radius 2 is 1.32 bits per heavy atom. The molecular formula is C24H22ClN3O6. The number of nitro benzene ring substituents is 1. The number of carbonyl (C=O) groups is 2. The molecule has 0 aliphatic heterocycles. The van der Waals surface area contributed by atoms with Crippen LogP contribution in [0, 0.1) is 10.1 Å². The molecule has 0 heterocycles. The van der Waals surface area contributed by atoms with E-state index in [0.29, 0.717) is 27.9 Å². The molecule has 2 atom stereocenters. The van der Waals surface area contributed by atoms with Crippen LogP contribution >= 0.6 is 11.6 Å². The number of nitrogens with zero attached hydrogens (tertiary/aromatic N) is 1. The summed E-state index contributed by atoms with van der Waals surface area (Å²) < 4.78 is 11.1. The topological polar surface area (TPSA) is 120 Å². The van der Waals surface area contributed by atoms with E-state index in [1.54, 1.807) is 62.4 Å². The molecule has 176 valence electrons. The lowest BCUT2D eigenvalue weighted by atomic mass is 10.2. The lowest BCUT2D eigenvalue weighted by Gasteiger charge is -2.16. The maximum Gasteiger partial charge on any atom is 0.269 e. The third-order valence-electron chi connectivity index (χ3n) is 4.66. The van der Waals surface area contributed by atoms with Crippen molar-refractivity contribution in [1.29, 1.82) is 0 Å². The van der Waals surface area contributed by atoms with Crippen molar-refractivity contribution in [2.24, 2.45) is 0 Å². The van der Waals surface area contributed by atoms with Gasteiger partial charge in [0, 0.05) is 23.5 Å². The van der Waals surface area contributed by atoms with Gasteiger partial charge in [0.05, 0.1) is 9.95 Å². The molecular weight excluding hydrogens is 462 g/mol. The van der Waals surface area contributed by atoms with Crippen LogP contribution in [0.1, 0.15) is 13.8 Å². The normalized spacial score (nSPS) is 12.2. The lowest BCUT2D eigenvalue weighted by molar-refractivity contribution is -0.384. The van der Waals surface area contributed by atoms with Crippen LogP contribution in [0.25, 0.3) is 0 Å². The van der Waals surface area contributed by atoms with E-state index in [1.807, 2.05) is 0 Å². The zero-order valence-corrected chi connectivity index (χ0v) is 19.1. The van der Waals surface area contributed by atoms with Crippen molar-refractivity contribution in [3.8, 4) is 11.5 Å². The first-order chi connectivity index (χ1) is 16.2. The largest absolute Gasteiger partial charge is 0.481 e. The molecule has 2 amide bonds. The van der Waals surface area contributed by atoms with E-state index in [-0.39, 0.29) is 11.6 Å². The maximum absolute atomic E-state index is 12.4. The first-order valence-corrected chi connectivity index (χ1v) is 10.6.